The Morgan fingerprint density at radius 1 is 0.850 bits per heavy atom. The van der Waals surface area contributed by atoms with Crippen LogP contribution in [0.5, 0.6) is 0 Å². The van der Waals surface area contributed by atoms with Crippen LogP contribution in [-0.4, -0.2) is 5.54 Å². The van der Waals surface area contributed by atoms with E-state index in [1.165, 1.54) is 96.3 Å². The van der Waals surface area contributed by atoms with Crippen LogP contribution in [0, 0.1) is 11.8 Å². The predicted octanol–water partition coefficient (Wildman–Crippen LogP) is 5.81. The summed E-state index contributed by atoms with van der Waals surface area (Å²) in [7, 11) is 0. The lowest BCUT2D eigenvalue weighted by atomic mass is 9.72. The fourth-order valence-corrected chi connectivity index (χ4v) is 4.25. The summed E-state index contributed by atoms with van der Waals surface area (Å²) < 4.78 is 0. The van der Waals surface area contributed by atoms with Gasteiger partial charge in [-0.1, -0.05) is 71.1 Å². The third-order valence-corrected chi connectivity index (χ3v) is 5.74. The molecular weight excluding hydrogens is 242 g/mol. The lowest BCUT2D eigenvalue weighted by Crippen LogP contribution is -2.44. The smallest absolute Gasteiger partial charge is 0.0157 e. The van der Waals surface area contributed by atoms with Gasteiger partial charge in [0.15, 0.2) is 0 Å². The minimum absolute atomic E-state index is 0.216. The highest BCUT2D eigenvalue weighted by Crippen LogP contribution is 2.46. The van der Waals surface area contributed by atoms with Crippen LogP contribution >= 0.6 is 0 Å². The first-order valence-corrected chi connectivity index (χ1v) is 9.52. The van der Waals surface area contributed by atoms with Gasteiger partial charge in [-0.3, -0.25) is 0 Å². The van der Waals surface area contributed by atoms with E-state index < -0.39 is 0 Å². The zero-order valence-corrected chi connectivity index (χ0v) is 13.8. The summed E-state index contributed by atoms with van der Waals surface area (Å²) in [5.74, 6) is 2.06. The zero-order chi connectivity index (χ0) is 14.3. The van der Waals surface area contributed by atoms with Crippen LogP contribution in [0.2, 0.25) is 0 Å². The Bertz CT molecular complexity index is 258. The normalized spacial score (nSPS) is 30.6. The monoisotopic (exact) mass is 279 g/mol. The quantitative estimate of drug-likeness (QED) is 0.501. The van der Waals surface area contributed by atoms with Gasteiger partial charge < -0.3 is 5.73 Å². The van der Waals surface area contributed by atoms with Gasteiger partial charge >= 0.3 is 0 Å². The first kappa shape index (κ1) is 16.3. The minimum Gasteiger partial charge on any atom is -0.325 e. The molecule has 0 radical (unpaired) electrons. The van der Waals surface area contributed by atoms with Crippen molar-refractivity contribution in [2.24, 2.45) is 17.6 Å². The van der Waals surface area contributed by atoms with E-state index in [1.807, 2.05) is 0 Å². The molecule has 0 spiro atoms. The van der Waals surface area contributed by atoms with E-state index in [2.05, 4.69) is 6.92 Å². The molecule has 2 fully saturated rings. The van der Waals surface area contributed by atoms with E-state index in [-0.39, 0.29) is 5.54 Å². The van der Waals surface area contributed by atoms with Gasteiger partial charge in [0.05, 0.1) is 0 Å². The molecule has 0 aliphatic heterocycles. The number of unbranched alkanes of at least 4 members (excludes halogenated alkanes) is 7. The van der Waals surface area contributed by atoms with Crippen LogP contribution in [0.15, 0.2) is 0 Å². The number of hydrogen-bond acceptors (Lipinski definition) is 1. The molecule has 118 valence electrons. The lowest BCUT2D eigenvalue weighted by Gasteiger charge is -2.38. The van der Waals surface area contributed by atoms with Gasteiger partial charge in [-0.05, 0) is 43.9 Å². The molecule has 1 heteroatoms. The maximum Gasteiger partial charge on any atom is 0.0157 e. The van der Waals surface area contributed by atoms with E-state index in [4.69, 9.17) is 5.73 Å². The number of rotatable bonds is 10. The van der Waals surface area contributed by atoms with Gasteiger partial charge in [0.1, 0.15) is 0 Å². The second-order valence-electron chi connectivity index (χ2n) is 7.78. The first-order chi connectivity index (χ1) is 9.73. The summed E-state index contributed by atoms with van der Waals surface area (Å²) in [6, 6.07) is 0. The molecule has 20 heavy (non-hydrogen) atoms. The molecule has 2 aliphatic rings. The highest BCUT2D eigenvalue weighted by Gasteiger charge is 2.39. The standard InChI is InChI=1S/C19H37N/c1-2-3-4-5-6-7-8-9-14-19(20)15-10-11-18(16-19)17-12-13-17/h17-18H,2-16,20H2,1H3. The van der Waals surface area contributed by atoms with Crippen molar-refractivity contribution in [1.82, 2.24) is 0 Å². The molecule has 2 N–H and O–H groups in total. The summed E-state index contributed by atoms with van der Waals surface area (Å²) in [6.07, 6.45) is 21.2. The van der Waals surface area contributed by atoms with Crippen LogP contribution in [0.3, 0.4) is 0 Å². The van der Waals surface area contributed by atoms with Gasteiger partial charge in [0.25, 0.3) is 0 Å². The Morgan fingerprint density at radius 2 is 1.50 bits per heavy atom. The minimum atomic E-state index is 0.216. The summed E-state index contributed by atoms with van der Waals surface area (Å²) in [6.45, 7) is 2.29. The van der Waals surface area contributed by atoms with Crippen LogP contribution < -0.4 is 5.73 Å². The van der Waals surface area contributed by atoms with Crippen LogP contribution in [0.4, 0.5) is 0 Å². The van der Waals surface area contributed by atoms with Crippen molar-refractivity contribution < 1.29 is 0 Å². The van der Waals surface area contributed by atoms with Crippen molar-refractivity contribution in [1.29, 1.82) is 0 Å². The maximum atomic E-state index is 6.70. The average molecular weight is 280 g/mol. The van der Waals surface area contributed by atoms with Gasteiger partial charge in [0, 0.05) is 5.54 Å². The van der Waals surface area contributed by atoms with E-state index in [1.54, 1.807) is 0 Å². The Hall–Kier alpha value is -0.0400. The van der Waals surface area contributed by atoms with Crippen LogP contribution in [0.25, 0.3) is 0 Å². The topological polar surface area (TPSA) is 26.0 Å². The van der Waals surface area contributed by atoms with Crippen LogP contribution in [-0.2, 0) is 0 Å². The summed E-state index contributed by atoms with van der Waals surface area (Å²) in [5, 5.41) is 0. The molecule has 0 bridgehead atoms. The van der Waals surface area contributed by atoms with Crippen molar-refractivity contribution in [2.45, 2.75) is 109 Å². The van der Waals surface area contributed by atoms with E-state index in [9.17, 15) is 0 Å². The molecule has 0 aromatic carbocycles. The Labute approximate surface area is 127 Å². The fourth-order valence-electron chi connectivity index (χ4n) is 4.25. The van der Waals surface area contributed by atoms with E-state index in [0.29, 0.717) is 0 Å². The van der Waals surface area contributed by atoms with E-state index in [0.717, 1.165) is 11.8 Å². The van der Waals surface area contributed by atoms with Crippen molar-refractivity contribution in [3.8, 4) is 0 Å². The zero-order valence-electron chi connectivity index (χ0n) is 13.8. The SMILES string of the molecule is CCCCCCCCCCC1(N)CCCC(C2CC2)C1. The van der Waals surface area contributed by atoms with Gasteiger partial charge in [-0.25, -0.2) is 0 Å². The molecule has 2 atom stereocenters. The largest absolute Gasteiger partial charge is 0.325 e. The van der Waals surface area contributed by atoms with Gasteiger partial charge in [-0.15, -0.1) is 0 Å². The summed E-state index contributed by atoms with van der Waals surface area (Å²) >= 11 is 0. The maximum absolute atomic E-state index is 6.70. The molecule has 0 aromatic rings. The third-order valence-electron chi connectivity index (χ3n) is 5.74. The van der Waals surface area contributed by atoms with Crippen LogP contribution in [0.1, 0.15) is 103 Å². The number of hydrogen-bond donors (Lipinski definition) is 1. The molecule has 0 amide bonds. The Morgan fingerprint density at radius 3 is 2.15 bits per heavy atom. The molecule has 2 aliphatic carbocycles. The van der Waals surface area contributed by atoms with Gasteiger partial charge in [-0.2, -0.15) is 0 Å². The molecule has 0 heterocycles. The Kier molecular flexibility index (Phi) is 6.87. The second-order valence-corrected chi connectivity index (χ2v) is 7.78. The molecular formula is C19H37N. The highest BCUT2D eigenvalue weighted by atomic mass is 14.7. The molecule has 0 saturated heterocycles. The second kappa shape index (κ2) is 8.41. The molecule has 2 rings (SSSR count). The molecule has 0 aromatic heterocycles. The van der Waals surface area contributed by atoms with Crippen molar-refractivity contribution in [3.63, 3.8) is 0 Å². The number of nitrogens with two attached hydrogens (primary N) is 1. The van der Waals surface area contributed by atoms with Crippen molar-refractivity contribution >= 4 is 0 Å². The van der Waals surface area contributed by atoms with Crippen molar-refractivity contribution in [3.05, 3.63) is 0 Å². The summed E-state index contributed by atoms with van der Waals surface area (Å²) in [5.41, 5.74) is 6.91. The van der Waals surface area contributed by atoms with Crippen molar-refractivity contribution in [2.75, 3.05) is 0 Å². The summed E-state index contributed by atoms with van der Waals surface area (Å²) in [4.78, 5) is 0. The molecule has 1 nitrogen and oxygen atoms in total. The predicted molar refractivity (Wildman–Crippen MR) is 88.8 cm³/mol. The highest BCUT2D eigenvalue weighted by molar-refractivity contribution is 4.95. The first-order valence-electron chi connectivity index (χ1n) is 9.52. The molecule has 2 saturated carbocycles. The lowest BCUT2D eigenvalue weighted by molar-refractivity contribution is 0.191. The molecule has 2 unspecified atom stereocenters. The van der Waals surface area contributed by atoms with E-state index >= 15 is 0 Å². The third kappa shape index (κ3) is 5.76. The average Bonchev–Trinajstić information content (AvgIpc) is 3.26. The van der Waals surface area contributed by atoms with Gasteiger partial charge in [0.2, 0.25) is 0 Å². The Balaban J connectivity index is 1.51. The fraction of sp³-hybridized carbons (Fsp3) is 1.00.